The van der Waals surface area contributed by atoms with Gasteiger partial charge in [-0.15, -0.1) is 0 Å². The zero-order valence-electron chi connectivity index (χ0n) is 12.2. The van der Waals surface area contributed by atoms with Gasteiger partial charge in [0.05, 0.1) is 6.04 Å². The van der Waals surface area contributed by atoms with Gasteiger partial charge in [0.25, 0.3) is 0 Å². The molecule has 0 aromatic heterocycles. The summed E-state index contributed by atoms with van der Waals surface area (Å²) in [7, 11) is 0. The largest absolute Gasteiger partial charge is 0.492 e. The quantitative estimate of drug-likeness (QED) is 0.603. The zero-order valence-corrected chi connectivity index (χ0v) is 12.9. The number of nitrogens with two attached hydrogens (primary N) is 1. The number of halogens is 1. The fourth-order valence-electron chi connectivity index (χ4n) is 2.18. The molecule has 1 unspecified atom stereocenters. The molecule has 0 saturated heterocycles. The highest BCUT2D eigenvalue weighted by molar-refractivity contribution is 6.30. The molecule has 21 heavy (non-hydrogen) atoms. The maximum atomic E-state index is 5.94. The van der Waals surface area contributed by atoms with Crippen molar-refractivity contribution >= 4 is 11.6 Å². The minimum absolute atomic E-state index is 0.0559. The van der Waals surface area contributed by atoms with Crippen LogP contribution in [0.3, 0.4) is 0 Å². The molecule has 0 saturated carbocycles. The first kappa shape index (κ1) is 15.8. The molecule has 2 aromatic rings. The van der Waals surface area contributed by atoms with Crippen LogP contribution < -0.4 is 16.0 Å². The molecule has 2 rings (SSSR count). The van der Waals surface area contributed by atoms with Gasteiger partial charge in [-0.2, -0.15) is 0 Å². The van der Waals surface area contributed by atoms with Crippen LogP contribution in [-0.2, 0) is 6.42 Å². The van der Waals surface area contributed by atoms with E-state index in [4.69, 9.17) is 22.2 Å². The summed E-state index contributed by atoms with van der Waals surface area (Å²) in [6.45, 7) is 2.63. The first-order valence-corrected chi connectivity index (χ1v) is 7.54. The molecule has 0 spiro atoms. The van der Waals surface area contributed by atoms with Gasteiger partial charge in [-0.05, 0) is 35.7 Å². The van der Waals surface area contributed by atoms with Gasteiger partial charge in [-0.3, -0.25) is 5.84 Å². The molecule has 0 bridgehead atoms. The fraction of sp³-hybridized carbons (Fsp3) is 0.294. The molecule has 1 atom stereocenters. The summed E-state index contributed by atoms with van der Waals surface area (Å²) in [5.41, 5.74) is 5.25. The third-order valence-corrected chi connectivity index (χ3v) is 3.57. The molecule has 0 aliphatic heterocycles. The van der Waals surface area contributed by atoms with E-state index in [1.165, 1.54) is 5.56 Å². The lowest BCUT2D eigenvalue weighted by Crippen LogP contribution is -2.32. The second-order valence-electron chi connectivity index (χ2n) is 4.98. The van der Waals surface area contributed by atoms with Crippen LogP contribution in [0.5, 0.6) is 5.75 Å². The van der Waals surface area contributed by atoms with Crippen LogP contribution in [0.2, 0.25) is 5.02 Å². The lowest BCUT2D eigenvalue weighted by atomic mass is 10.0. The van der Waals surface area contributed by atoms with Crippen LogP contribution in [0.15, 0.2) is 48.5 Å². The number of hydrogen-bond donors (Lipinski definition) is 2. The van der Waals surface area contributed by atoms with Crippen molar-refractivity contribution in [3.63, 3.8) is 0 Å². The van der Waals surface area contributed by atoms with Gasteiger partial charge in [-0.1, -0.05) is 55.3 Å². The Bertz CT molecular complexity index is 557. The molecular formula is C17H21ClN2O. The molecule has 3 nitrogen and oxygen atoms in total. The van der Waals surface area contributed by atoms with Crippen molar-refractivity contribution in [1.29, 1.82) is 0 Å². The van der Waals surface area contributed by atoms with E-state index in [-0.39, 0.29) is 6.04 Å². The Morgan fingerprint density at radius 3 is 2.57 bits per heavy atom. The standard InChI is InChI=1S/C17H21ClN2O/c1-2-4-13-7-9-14(10-8-13)17(20-19)12-21-16-6-3-5-15(18)11-16/h3,5-11,17,20H,2,4,12,19H2,1H3. The topological polar surface area (TPSA) is 47.3 Å². The summed E-state index contributed by atoms with van der Waals surface area (Å²) >= 11 is 5.94. The molecule has 4 heteroatoms. The van der Waals surface area contributed by atoms with Gasteiger partial charge < -0.3 is 4.74 Å². The second-order valence-corrected chi connectivity index (χ2v) is 5.42. The van der Waals surface area contributed by atoms with Crippen molar-refractivity contribution in [2.45, 2.75) is 25.8 Å². The van der Waals surface area contributed by atoms with Gasteiger partial charge in [0.2, 0.25) is 0 Å². The van der Waals surface area contributed by atoms with Crippen molar-refractivity contribution in [3.05, 3.63) is 64.7 Å². The summed E-state index contributed by atoms with van der Waals surface area (Å²) in [4.78, 5) is 0. The van der Waals surface area contributed by atoms with Gasteiger partial charge in [-0.25, -0.2) is 5.43 Å². The van der Waals surface area contributed by atoms with Crippen LogP contribution in [0, 0.1) is 0 Å². The normalized spacial score (nSPS) is 12.1. The van der Waals surface area contributed by atoms with E-state index in [1.807, 2.05) is 18.2 Å². The lowest BCUT2D eigenvalue weighted by molar-refractivity contribution is 0.267. The Labute approximate surface area is 131 Å². The molecule has 3 N–H and O–H groups in total. The van der Waals surface area contributed by atoms with E-state index in [1.54, 1.807) is 6.07 Å². The van der Waals surface area contributed by atoms with E-state index in [0.717, 1.165) is 24.2 Å². The molecule has 0 radical (unpaired) electrons. The third kappa shape index (κ3) is 4.74. The van der Waals surface area contributed by atoms with Crippen molar-refractivity contribution in [2.24, 2.45) is 5.84 Å². The highest BCUT2D eigenvalue weighted by atomic mass is 35.5. The number of benzene rings is 2. The van der Waals surface area contributed by atoms with E-state index in [2.05, 4.69) is 36.6 Å². The van der Waals surface area contributed by atoms with Crippen LogP contribution >= 0.6 is 11.6 Å². The van der Waals surface area contributed by atoms with Crippen molar-refractivity contribution in [2.75, 3.05) is 6.61 Å². The summed E-state index contributed by atoms with van der Waals surface area (Å²) < 4.78 is 5.75. The highest BCUT2D eigenvalue weighted by Crippen LogP contribution is 2.20. The predicted molar refractivity (Wildman–Crippen MR) is 87.4 cm³/mol. The number of ether oxygens (including phenoxy) is 1. The SMILES string of the molecule is CCCc1ccc(C(COc2cccc(Cl)c2)NN)cc1. The van der Waals surface area contributed by atoms with Crippen LogP contribution in [-0.4, -0.2) is 6.61 Å². The van der Waals surface area contributed by atoms with E-state index < -0.39 is 0 Å². The van der Waals surface area contributed by atoms with Crippen LogP contribution in [0.4, 0.5) is 0 Å². The number of hydrazine groups is 1. The summed E-state index contributed by atoms with van der Waals surface area (Å²) in [5.74, 6) is 6.38. The van der Waals surface area contributed by atoms with E-state index in [0.29, 0.717) is 11.6 Å². The van der Waals surface area contributed by atoms with Gasteiger partial charge >= 0.3 is 0 Å². The first-order valence-electron chi connectivity index (χ1n) is 7.16. The minimum Gasteiger partial charge on any atom is -0.492 e. The van der Waals surface area contributed by atoms with Crippen LogP contribution in [0.1, 0.15) is 30.5 Å². The summed E-state index contributed by atoms with van der Waals surface area (Å²) in [6.07, 6.45) is 2.25. The highest BCUT2D eigenvalue weighted by Gasteiger charge is 2.10. The summed E-state index contributed by atoms with van der Waals surface area (Å²) in [5, 5.41) is 0.661. The second kappa shape index (κ2) is 8.03. The first-order chi connectivity index (χ1) is 10.2. The Hall–Kier alpha value is -1.55. The Balaban J connectivity index is 1.99. The Morgan fingerprint density at radius 2 is 1.95 bits per heavy atom. The van der Waals surface area contributed by atoms with Crippen LogP contribution in [0.25, 0.3) is 0 Å². The zero-order chi connectivity index (χ0) is 15.1. The number of hydrogen-bond acceptors (Lipinski definition) is 3. The average Bonchev–Trinajstić information content (AvgIpc) is 2.50. The molecule has 112 valence electrons. The summed E-state index contributed by atoms with van der Waals surface area (Å²) in [6, 6.07) is 15.8. The van der Waals surface area contributed by atoms with E-state index >= 15 is 0 Å². The number of aryl methyl sites for hydroxylation is 1. The molecule has 0 aliphatic carbocycles. The molecule has 0 amide bonds. The van der Waals surface area contributed by atoms with E-state index in [9.17, 15) is 0 Å². The predicted octanol–water partition coefficient (Wildman–Crippen LogP) is 3.88. The number of nitrogens with one attached hydrogen (secondary N) is 1. The molecule has 0 fully saturated rings. The van der Waals surface area contributed by atoms with Gasteiger partial charge in [0, 0.05) is 5.02 Å². The molecular weight excluding hydrogens is 284 g/mol. The molecule has 0 aliphatic rings. The molecule has 0 heterocycles. The van der Waals surface area contributed by atoms with Crippen molar-refractivity contribution in [3.8, 4) is 5.75 Å². The molecule has 2 aromatic carbocycles. The maximum absolute atomic E-state index is 5.94. The average molecular weight is 305 g/mol. The number of rotatable bonds is 7. The van der Waals surface area contributed by atoms with Crippen molar-refractivity contribution in [1.82, 2.24) is 5.43 Å². The van der Waals surface area contributed by atoms with Gasteiger partial charge in [0.15, 0.2) is 0 Å². The van der Waals surface area contributed by atoms with Crippen molar-refractivity contribution < 1.29 is 4.74 Å². The smallest absolute Gasteiger partial charge is 0.120 e. The third-order valence-electron chi connectivity index (χ3n) is 3.33. The monoisotopic (exact) mass is 304 g/mol. The maximum Gasteiger partial charge on any atom is 0.120 e. The Morgan fingerprint density at radius 1 is 1.19 bits per heavy atom. The van der Waals surface area contributed by atoms with Gasteiger partial charge in [0.1, 0.15) is 12.4 Å². The Kier molecular flexibility index (Phi) is 6.05. The fourth-order valence-corrected chi connectivity index (χ4v) is 2.36. The lowest BCUT2D eigenvalue weighted by Gasteiger charge is -2.17. The minimum atomic E-state index is -0.0559.